The number of amides is 2. The van der Waals surface area contributed by atoms with Crippen LogP contribution in [0.5, 0.6) is 0 Å². The summed E-state index contributed by atoms with van der Waals surface area (Å²) in [5.41, 5.74) is 2.19. The molecule has 2 N–H and O–H groups in total. The molecule has 2 amide bonds. The van der Waals surface area contributed by atoms with Crippen LogP contribution in [0.3, 0.4) is 0 Å². The van der Waals surface area contributed by atoms with Crippen LogP contribution in [0.25, 0.3) is 0 Å². The zero-order valence-electron chi connectivity index (χ0n) is 10.5. The normalized spacial score (nSPS) is 10.2. The van der Waals surface area contributed by atoms with Crippen molar-refractivity contribution in [3.8, 4) is 0 Å². The van der Waals surface area contributed by atoms with Gasteiger partial charge in [-0.1, -0.05) is 23.2 Å². The highest BCUT2D eigenvalue weighted by Crippen LogP contribution is 2.29. The van der Waals surface area contributed by atoms with E-state index in [0.29, 0.717) is 21.4 Å². The smallest absolute Gasteiger partial charge is 0.308 e. The molecule has 0 unspecified atom stereocenters. The third-order valence-corrected chi connectivity index (χ3v) is 3.91. The molecule has 104 valence electrons. The van der Waals surface area contributed by atoms with Crippen LogP contribution in [0.15, 0.2) is 40.9 Å². The van der Waals surface area contributed by atoms with E-state index in [-0.39, 0.29) is 6.03 Å². The first-order valence-corrected chi connectivity index (χ1v) is 7.30. The lowest BCUT2D eigenvalue weighted by Crippen LogP contribution is -2.19. The van der Waals surface area contributed by atoms with Crippen LogP contribution in [-0.2, 0) is 0 Å². The molecule has 2 aromatic carbocycles. The molecule has 0 saturated carbocycles. The number of benzene rings is 2. The lowest BCUT2D eigenvalue weighted by molar-refractivity contribution is 0.262. The lowest BCUT2D eigenvalue weighted by Gasteiger charge is -2.11. The number of carbonyl (C=O) groups is 1. The summed E-state index contributed by atoms with van der Waals surface area (Å²) in [6.45, 7) is 1.89. The third-order valence-electron chi connectivity index (χ3n) is 2.60. The Balaban J connectivity index is 2.08. The first-order chi connectivity index (χ1) is 9.45. The highest BCUT2D eigenvalue weighted by Gasteiger charge is 2.08. The number of aryl methyl sites for hydroxylation is 1. The number of hydrogen-bond donors (Lipinski definition) is 2. The number of nitrogens with one attached hydrogen (secondary N) is 2. The number of rotatable bonds is 2. The molecule has 0 saturated heterocycles. The molecule has 0 aliphatic rings. The molecule has 0 bridgehead atoms. The average Bonchev–Trinajstić information content (AvgIpc) is 2.39. The molecule has 0 atom stereocenters. The van der Waals surface area contributed by atoms with E-state index >= 15 is 0 Å². The quantitative estimate of drug-likeness (QED) is 0.695. The van der Waals surface area contributed by atoms with Gasteiger partial charge in [-0.05, 0) is 64.8 Å². The van der Waals surface area contributed by atoms with Crippen molar-refractivity contribution in [2.75, 3.05) is 10.6 Å². The van der Waals surface area contributed by atoms with Gasteiger partial charge in [-0.15, -0.1) is 0 Å². The number of urea groups is 1. The van der Waals surface area contributed by atoms with Gasteiger partial charge in [-0.25, -0.2) is 4.79 Å². The monoisotopic (exact) mass is 372 g/mol. The summed E-state index contributed by atoms with van der Waals surface area (Å²) < 4.78 is 0.769. The standard InChI is InChI=1S/C14H11BrCl2N2O/c1-8-6-11(15)13(7-12(8)17)19-14(20)18-10-4-2-9(16)3-5-10/h2-7H,1H3,(H2,18,19,20). The molecular formula is C14H11BrCl2N2O. The summed E-state index contributed by atoms with van der Waals surface area (Å²) in [4.78, 5) is 11.9. The first-order valence-electron chi connectivity index (χ1n) is 5.75. The van der Waals surface area contributed by atoms with Gasteiger partial charge in [0.15, 0.2) is 0 Å². The van der Waals surface area contributed by atoms with Gasteiger partial charge < -0.3 is 10.6 Å². The van der Waals surface area contributed by atoms with Crippen molar-refractivity contribution < 1.29 is 4.79 Å². The van der Waals surface area contributed by atoms with E-state index in [0.717, 1.165) is 10.0 Å². The molecule has 20 heavy (non-hydrogen) atoms. The van der Waals surface area contributed by atoms with Gasteiger partial charge in [-0.2, -0.15) is 0 Å². The van der Waals surface area contributed by atoms with Gasteiger partial charge in [0.1, 0.15) is 0 Å². The molecule has 2 rings (SSSR count). The number of hydrogen-bond acceptors (Lipinski definition) is 1. The summed E-state index contributed by atoms with van der Waals surface area (Å²) in [5, 5.41) is 6.64. The largest absolute Gasteiger partial charge is 0.323 e. The van der Waals surface area contributed by atoms with Crippen LogP contribution in [-0.4, -0.2) is 6.03 Å². The first kappa shape index (κ1) is 15.2. The van der Waals surface area contributed by atoms with Crippen LogP contribution in [0.4, 0.5) is 16.2 Å². The molecule has 0 fully saturated rings. The topological polar surface area (TPSA) is 41.1 Å². The predicted molar refractivity (Wildman–Crippen MR) is 88.0 cm³/mol. The second kappa shape index (κ2) is 6.48. The number of carbonyl (C=O) groups excluding carboxylic acids is 1. The predicted octanol–water partition coefficient (Wildman–Crippen LogP) is 5.71. The van der Waals surface area contributed by atoms with Crippen LogP contribution in [0, 0.1) is 6.92 Å². The van der Waals surface area contributed by atoms with Crippen molar-refractivity contribution in [2.24, 2.45) is 0 Å². The van der Waals surface area contributed by atoms with Crippen LogP contribution in [0.2, 0.25) is 10.0 Å². The summed E-state index contributed by atoms with van der Waals surface area (Å²) >= 11 is 15.2. The lowest BCUT2D eigenvalue weighted by atomic mass is 10.2. The maximum Gasteiger partial charge on any atom is 0.323 e. The van der Waals surface area contributed by atoms with Crippen LogP contribution < -0.4 is 10.6 Å². The average molecular weight is 374 g/mol. The molecule has 0 heterocycles. The Hall–Kier alpha value is -1.23. The Kier molecular flexibility index (Phi) is 4.91. The maximum atomic E-state index is 11.9. The van der Waals surface area contributed by atoms with Crippen molar-refractivity contribution >= 4 is 56.5 Å². The van der Waals surface area contributed by atoms with E-state index in [1.165, 1.54) is 0 Å². The molecular weight excluding hydrogens is 363 g/mol. The van der Waals surface area contributed by atoms with E-state index in [9.17, 15) is 4.79 Å². The van der Waals surface area contributed by atoms with E-state index in [1.54, 1.807) is 30.3 Å². The summed E-state index contributed by atoms with van der Waals surface area (Å²) in [7, 11) is 0. The van der Waals surface area contributed by atoms with E-state index < -0.39 is 0 Å². The fraction of sp³-hybridized carbons (Fsp3) is 0.0714. The van der Waals surface area contributed by atoms with E-state index in [1.807, 2.05) is 13.0 Å². The Morgan fingerprint density at radius 3 is 2.40 bits per heavy atom. The van der Waals surface area contributed by atoms with Gasteiger partial charge >= 0.3 is 6.03 Å². The van der Waals surface area contributed by atoms with E-state index in [2.05, 4.69) is 26.6 Å². The second-order valence-corrected chi connectivity index (χ2v) is 5.87. The van der Waals surface area contributed by atoms with Crippen LogP contribution >= 0.6 is 39.1 Å². The molecule has 6 heteroatoms. The molecule has 0 aliphatic carbocycles. The van der Waals surface area contributed by atoms with Gasteiger partial charge in [0.2, 0.25) is 0 Å². The van der Waals surface area contributed by atoms with Crippen molar-refractivity contribution in [1.82, 2.24) is 0 Å². The SMILES string of the molecule is Cc1cc(Br)c(NC(=O)Nc2ccc(Cl)cc2)cc1Cl. The summed E-state index contributed by atoms with van der Waals surface area (Å²) in [6.07, 6.45) is 0. The minimum atomic E-state index is -0.354. The Labute approximate surface area is 135 Å². The highest BCUT2D eigenvalue weighted by molar-refractivity contribution is 9.10. The van der Waals surface area contributed by atoms with Gasteiger partial charge in [0, 0.05) is 20.2 Å². The van der Waals surface area contributed by atoms with E-state index in [4.69, 9.17) is 23.2 Å². The number of anilines is 2. The van der Waals surface area contributed by atoms with Gasteiger partial charge in [0.25, 0.3) is 0 Å². The maximum absolute atomic E-state index is 11.9. The highest BCUT2D eigenvalue weighted by atomic mass is 79.9. The summed E-state index contributed by atoms with van der Waals surface area (Å²) in [6, 6.07) is 10.0. The van der Waals surface area contributed by atoms with Crippen molar-refractivity contribution in [1.29, 1.82) is 0 Å². The molecule has 0 aliphatic heterocycles. The fourth-order valence-corrected chi connectivity index (χ4v) is 2.41. The molecule has 2 aromatic rings. The third kappa shape index (κ3) is 3.88. The van der Waals surface area contributed by atoms with Gasteiger partial charge in [0.05, 0.1) is 5.69 Å². The fourth-order valence-electron chi connectivity index (χ4n) is 1.56. The Morgan fingerprint density at radius 1 is 1.10 bits per heavy atom. The molecule has 0 spiro atoms. The Morgan fingerprint density at radius 2 is 1.75 bits per heavy atom. The zero-order valence-corrected chi connectivity index (χ0v) is 13.6. The number of halogens is 3. The second-order valence-electron chi connectivity index (χ2n) is 4.17. The van der Waals surface area contributed by atoms with Gasteiger partial charge in [-0.3, -0.25) is 0 Å². The zero-order chi connectivity index (χ0) is 14.7. The molecule has 0 radical (unpaired) electrons. The summed E-state index contributed by atoms with van der Waals surface area (Å²) in [5.74, 6) is 0. The molecule has 0 aromatic heterocycles. The minimum Gasteiger partial charge on any atom is -0.308 e. The molecule has 3 nitrogen and oxygen atoms in total. The van der Waals surface area contributed by atoms with Crippen molar-refractivity contribution in [3.05, 3.63) is 56.5 Å². The Bertz CT molecular complexity index is 644. The van der Waals surface area contributed by atoms with Crippen molar-refractivity contribution in [2.45, 2.75) is 6.92 Å². The van der Waals surface area contributed by atoms with Crippen molar-refractivity contribution in [3.63, 3.8) is 0 Å². The van der Waals surface area contributed by atoms with Crippen LogP contribution in [0.1, 0.15) is 5.56 Å². The minimum absolute atomic E-state index is 0.354.